The highest BCUT2D eigenvalue weighted by Gasteiger charge is 2.19. The number of nitrogens with zero attached hydrogens (tertiary/aromatic N) is 4. The van der Waals surface area contributed by atoms with E-state index in [0.717, 1.165) is 4.57 Å². The normalized spacial score (nSPS) is 11.6. The van der Waals surface area contributed by atoms with Crippen molar-refractivity contribution in [1.29, 1.82) is 0 Å². The van der Waals surface area contributed by atoms with Crippen LogP contribution in [-0.2, 0) is 23.1 Å². The maximum atomic E-state index is 13.0. The minimum absolute atomic E-state index is 0.0395. The van der Waals surface area contributed by atoms with Crippen LogP contribution in [0.2, 0.25) is 5.15 Å². The number of carbonyl (C=O) groups excluding carboxylic acids is 1. The first kappa shape index (κ1) is 21.7. The molecule has 0 saturated heterocycles. The van der Waals surface area contributed by atoms with Crippen LogP contribution in [0.3, 0.4) is 0 Å². The third kappa shape index (κ3) is 4.59. The van der Waals surface area contributed by atoms with E-state index >= 15 is 0 Å². The summed E-state index contributed by atoms with van der Waals surface area (Å²) in [5.41, 5.74) is -0.485. The Morgan fingerprint density at radius 1 is 1.13 bits per heavy atom. The molecular formula is C21H23ClN4O4. The van der Waals surface area contributed by atoms with E-state index in [-0.39, 0.29) is 41.7 Å². The predicted octanol–water partition coefficient (Wildman–Crippen LogP) is 2.93. The van der Waals surface area contributed by atoms with E-state index in [1.165, 1.54) is 11.6 Å². The Bertz CT molecular complexity index is 1210. The van der Waals surface area contributed by atoms with Crippen LogP contribution < -0.4 is 11.2 Å². The average Bonchev–Trinajstić information content (AvgIpc) is 2.68. The first-order valence-corrected chi connectivity index (χ1v) is 9.90. The van der Waals surface area contributed by atoms with Crippen molar-refractivity contribution in [2.24, 2.45) is 7.05 Å². The van der Waals surface area contributed by atoms with Crippen LogP contribution in [0.1, 0.15) is 33.6 Å². The minimum atomic E-state index is -0.588. The molecule has 3 rings (SSSR count). The molecular weight excluding hydrogens is 408 g/mol. The molecule has 0 spiro atoms. The summed E-state index contributed by atoms with van der Waals surface area (Å²) in [5, 5.41) is 0.103. The predicted molar refractivity (Wildman–Crippen MR) is 115 cm³/mol. The molecule has 2 heterocycles. The maximum absolute atomic E-state index is 13.0. The van der Waals surface area contributed by atoms with Gasteiger partial charge < -0.3 is 4.74 Å². The van der Waals surface area contributed by atoms with E-state index in [4.69, 9.17) is 16.3 Å². The van der Waals surface area contributed by atoms with Crippen LogP contribution in [0.25, 0.3) is 22.4 Å². The first-order valence-electron chi connectivity index (χ1n) is 9.53. The summed E-state index contributed by atoms with van der Waals surface area (Å²) in [4.78, 5) is 46.2. The fourth-order valence-electron chi connectivity index (χ4n) is 3.02. The van der Waals surface area contributed by atoms with E-state index < -0.39 is 16.9 Å². The molecule has 2 aromatic heterocycles. The number of carbonyl (C=O) groups is 1. The Morgan fingerprint density at radius 3 is 2.43 bits per heavy atom. The molecule has 0 aliphatic heterocycles. The van der Waals surface area contributed by atoms with E-state index in [2.05, 4.69) is 9.97 Å². The zero-order chi connectivity index (χ0) is 22.1. The molecule has 0 N–H and O–H groups in total. The van der Waals surface area contributed by atoms with Crippen molar-refractivity contribution in [3.8, 4) is 11.3 Å². The minimum Gasteiger partial charge on any atom is -0.460 e. The molecule has 0 unspecified atom stereocenters. The van der Waals surface area contributed by atoms with Gasteiger partial charge in [-0.3, -0.25) is 18.7 Å². The summed E-state index contributed by atoms with van der Waals surface area (Å²) < 4.78 is 7.55. The van der Waals surface area contributed by atoms with Gasteiger partial charge in [0.1, 0.15) is 11.3 Å². The molecule has 0 aliphatic rings. The molecule has 0 amide bonds. The number of esters is 1. The van der Waals surface area contributed by atoms with Gasteiger partial charge in [-0.25, -0.2) is 14.8 Å². The third-order valence-corrected chi connectivity index (χ3v) is 4.61. The number of benzene rings is 1. The molecule has 0 fully saturated rings. The fraction of sp³-hybridized carbons (Fsp3) is 0.381. The number of hydrogen-bond acceptors (Lipinski definition) is 6. The Labute approximate surface area is 178 Å². The lowest BCUT2D eigenvalue weighted by Gasteiger charge is -2.19. The number of aryl methyl sites for hydroxylation is 1. The third-order valence-electron chi connectivity index (χ3n) is 4.35. The van der Waals surface area contributed by atoms with Gasteiger partial charge in [-0.1, -0.05) is 41.9 Å². The Balaban J connectivity index is 1.98. The van der Waals surface area contributed by atoms with Crippen LogP contribution in [0.4, 0.5) is 0 Å². The summed E-state index contributed by atoms with van der Waals surface area (Å²) in [6.07, 6.45) is 0.370. The Kier molecular flexibility index (Phi) is 6.07. The molecule has 9 heteroatoms. The van der Waals surface area contributed by atoms with Gasteiger partial charge in [0, 0.05) is 25.6 Å². The zero-order valence-corrected chi connectivity index (χ0v) is 18.1. The fourth-order valence-corrected chi connectivity index (χ4v) is 3.25. The molecule has 158 valence electrons. The number of fused-ring (bicyclic) bond motifs is 1. The lowest BCUT2D eigenvalue weighted by Crippen LogP contribution is -2.40. The highest BCUT2D eigenvalue weighted by molar-refractivity contribution is 6.32. The summed E-state index contributed by atoms with van der Waals surface area (Å²) in [7, 11) is 1.50. The molecule has 0 aliphatic carbocycles. The van der Waals surface area contributed by atoms with Gasteiger partial charge >= 0.3 is 11.7 Å². The van der Waals surface area contributed by atoms with Gasteiger partial charge in [0.05, 0.1) is 0 Å². The number of rotatable bonds is 5. The van der Waals surface area contributed by atoms with Crippen molar-refractivity contribution >= 4 is 28.7 Å². The lowest BCUT2D eigenvalue weighted by atomic mass is 10.1. The topological polar surface area (TPSA) is 96.1 Å². The molecule has 3 aromatic rings. The van der Waals surface area contributed by atoms with Crippen LogP contribution in [0, 0.1) is 0 Å². The van der Waals surface area contributed by atoms with Crippen LogP contribution in [0.5, 0.6) is 0 Å². The number of hydrogen-bond donors (Lipinski definition) is 0. The van der Waals surface area contributed by atoms with Gasteiger partial charge in [-0.2, -0.15) is 0 Å². The molecule has 0 radical (unpaired) electrons. The van der Waals surface area contributed by atoms with Crippen LogP contribution >= 0.6 is 11.6 Å². The largest absolute Gasteiger partial charge is 0.460 e. The second-order valence-electron chi connectivity index (χ2n) is 7.89. The lowest BCUT2D eigenvalue weighted by molar-refractivity contribution is -0.154. The zero-order valence-electron chi connectivity index (χ0n) is 17.3. The summed E-state index contributed by atoms with van der Waals surface area (Å²) in [6, 6.07) is 9.12. The van der Waals surface area contributed by atoms with E-state index in [1.807, 2.05) is 30.3 Å². The van der Waals surface area contributed by atoms with Crippen LogP contribution in [-0.4, -0.2) is 30.7 Å². The second kappa shape index (κ2) is 8.39. The van der Waals surface area contributed by atoms with Crippen LogP contribution in [0.15, 0.2) is 39.9 Å². The summed E-state index contributed by atoms with van der Waals surface area (Å²) in [6.45, 7) is 5.40. The van der Waals surface area contributed by atoms with Crippen molar-refractivity contribution in [3.63, 3.8) is 0 Å². The standard InChI is InChI=1S/C21H23ClN4O4/c1-21(2,3)30-14(27)11-8-12-26-19(28)16-18(25(4)20(26)29)24-17(22)15(23-16)13-9-6-5-7-10-13/h5-7,9-10H,8,11-12H2,1-4H3. The maximum Gasteiger partial charge on any atom is 0.332 e. The summed E-state index contributed by atoms with van der Waals surface area (Å²) >= 11 is 6.28. The Hall–Kier alpha value is -3.00. The highest BCUT2D eigenvalue weighted by atomic mass is 35.5. The highest BCUT2D eigenvalue weighted by Crippen LogP contribution is 2.25. The number of halogens is 1. The SMILES string of the molecule is Cn1c(=O)n(CCCC(=O)OC(C)(C)C)c(=O)c2nc(-c3ccccc3)c(Cl)nc21. The Morgan fingerprint density at radius 2 is 1.80 bits per heavy atom. The van der Waals surface area contributed by atoms with Crippen molar-refractivity contribution in [2.45, 2.75) is 45.8 Å². The molecule has 0 atom stereocenters. The second-order valence-corrected chi connectivity index (χ2v) is 8.25. The van der Waals surface area contributed by atoms with Gasteiger partial charge in [0.2, 0.25) is 0 Å². The molecule has 8 nitrogen and oxygen atoms in total. The van der Waals surface area contributed by atoms with Crippen molar-refractivity contribution < 1.29 is 9.53 Å². The number of ether oxygens (including phenoxy) is 1. The van der Waals surface area contributed by atoms with E-state index in [0.29, 0.717) is 11.3 Å². The van der Waals surface area contributed by atoms with Gasteiger partial charge in [-0.05, 0) is 27.2 Å². The van der Waals surface area contributed by atoms with Gasteiger partial charge in [0.15, 0.2) is 16.3 Å². The van der Waals surface area contributed by atoms with Crippen molar-refractivity contribution in [1.82, 2.24) is 19.1 Å². The van der Waals surface area contributed by atoms with Crippen molar-refractivity contribution in [2.75, 3.05) is 0 Å². The molecule has 0 saturated carbocycles. The quantitative estimate of drug-likeness (QED) is 0.577. The first-order chi connectivity index (χ1) is 14.1. The summed E-state index contributed by atoms with van der Waals surface area (Å²) in [5.74, 6) is -0.383. The van der Waals surface area contributed by atoms with Gasteiger partial charge in [0.25, 0.3) is 5.56 Å². The van der Waals surface area contributed by atoms with Gasteiger partial charge in [-0.15, -0.1) is 0 Å². The average molecular weight is 431 g/mol. The molecule has 0 bridgehead atoms. The van der Waals surface area contributed by atoms with E-state index in [9.17, 15) is 14.4 Å². The number of aromatic nitrogens is 4. The smallest absolute Gasteiger partial charge is 0.332 e. The van der Waals surface area contributed by atoms with E-state index in [1.54, 1.807) is 20.8 Å². The molecule has 30 heavy (non-hydrogen) atoms. The monoisotopic (exact) mass is 430 g/mol. The molecule has 1 aromatic carbocycles. The van der Waals surface area contributed by atoms with Crippen molar-refractivity contribution in [3.05, 3.63) is 56.3 Å².